The van der Waals surface area contributed by atoms with Gasteiger partial charge in [-0.05, 0) is 49.2 Å². The molecule has 2 amide bonds. The largest absolute Gasteiger partial charge is 0.352 e. The van der Waals surface area contributed by atoms with Crippen LogP contribution >= 0.6 is 0 Å². The molecule has 0 unspecified atom stereocenters. The van der Waals surface area contributed by atoms with Crippen LogP contribution in [0.5, 0.6) is 0 Å². The molecule has 138 valence electrons. The van der Waals surface area contributed by atoms with E-state index in [4.69, 9.17) is 0 Å². The van der Waals surface area contributed by atoms with Crippen LogP contribution in [0.2, 0.25) is 0 Å². The number of nitrogens with zero attached hydrogens (tertiary/aromatic N) is 4. The molecule has 3 heterocycles. The second kappa shape index (κ2) is 7.57. The zero-order valence-corrected chi connectivity index (χ0v) is 15.0. The van der Waals surface area contributed by atoms with Gasteiger partial charge in [0.15, 0.2) is 5.65 Å². The van der Waals surface area contributed by atoms with Crippen LogP contribution in [0.4, 0.5) is 5.69 Å². The Hall–Kier alpha value is -3.22. The SMILES string of the molecule is O=C(NCCc1nnc2ccccn12)c1ccc(N2CCCCC2=O)cc1. The van der Waals surface area contributed by atoms with Crippen LogP contribution in [0.3, 0.4) is 0 Å². The van der Waals surface area contributed by atoms with Crippen LogP contribution in [0.25, 0.3) is 5.65 Å². The van der Waals surface area contributed by atoms with E-state index in [1.54, 1.807) is 17.0 Å². The fraction of sp³-hybridized carbons (Fsp3) is 0.300. The first-order valence-corrected chi connectivity index (χ1v) is 9.20. The number of piperidine rings is 1. The molecule has 0 radical (unpaired) electrons. The Balaban J connectivity index is 1.35. The third-order valence-electron chi connectivity index (χ3n) is 4.78. The first kappa shape index (κ1) is 17.2. The summed E-state index contributed by atoms with van der Waals surface area (Å²) < 4.78 is 1.91. The summed E-state index contributed by atoms with van der Waals surface area (Å²) in [5, 5.41) is 11.2. The summed E-state index contributed by atoms with van der Waals surface area (Å²) in [5.41, 5.74) is 2.22. The molecule has 1 aliphatic rings. The first-order chi connectivity index (χ1) is 13.2. The molecule has 0 spiro atoms. The number of carbonyl (C=O) groups is 2. The average molecular weight is 363 g/mol. The van der Waals surface area contributed by atoms with Crippen LogP contribution in [-0.4, -0.2) is 39.5 Å². The lowest BCUT2D eigenvalue weighted by Gasteiger charge is -2.26. The van der Waals surface area contributed by atoms with E-state index in [-0.39, 0.29) is 11.8 Å². The number of aromatic nitrogens is 3. The van der Waals surface area contributed by atoms with Gasteiger partial charge in [0.25, 0.3) is 5.91 Å². The van der Waals surface area contributed by atoms with Crippen LogP contribution in [0, 0.1) is 0 Å². The minimum Gasteiger partial charge on any atom is -0.352 e. The van der Waals surface area contributed by atoms with E-state index in [1.807, 2.05) is 40.9 Å². The van der Waals surface area contributed by atoms with E-state index in [9.17, 15) is 9.59 Å². The third kappa shape index (κ3) is 3.67. The standard InChI is InChI=1S/C20H21N5O2/c26-19-6-2-4-13-24(19)16-9-7-15(8-10-16)20(27)21-12-11-18-23-22-17-5-1-3-14-25(17)18/h1,3,5,7-10,14H,2,4,6,11-13H2,(H,21,27). The van der Waals surface area contributed by atoms with E-state index >= 15 is 0 Å². The summed E-state index contributed by atoms with van der Waals surface area (Å²) in [5.74, 6) is 0.823. The van der Waals surface area contributed by atoms with Gasteiger partial charge in [0, 0.05) is 43.4 Å². The molecular weight excluding hydrogens is 342 g/mol. The Morgan fingerprint density at radius 3 is 2.74 bits per heavy atom. The number of hydrogen-bond acceptors (Lipinski definition) is 4. The second-order valence-electron chi connectivity index (χ2n) is 6.60. The zero-order valence-electron chi connectivity index (χ0n) is 15.0. The van der Waals surface area contributed by atoms with Crippen molar-refractivity contribution in [3.8, 4) is 0 Å². The summed E-state index contributed by atoms with van der Waals surface area (Å²) in [4.78, 5) is 26.1. The van der Waals surface area contributed by atoms with Crippen molar-refractivity contribution in [1.29, 1.82) is 0 Å². The van der Waals surface area contributed by atoms with Gasteiger partial charge in [0.05, 0.1) is 0 Å². The molecule has 27 heavy (non-hydrogen) atoms. The molecule has 1 saturated heterocycles. The maximum Gasteiger partial charge on any atom is 0.251 e. The lowest BCUT2D eigenvalue weighted by atomic mass is 10.1. The Morgan fingerprint density at radius 2 is 1.93 bits per heavy atom. The molecule has 3 aromatic rings. The van der Waals surface area contributed by atoms with Crippen LogP contribution in [0.15, 0.2) is 48.7 Å². The molecule has 2 aromatic heterocycles. The smallest absolute Gasteiger partial charge is 0.251 e. The van der Waals surface area contributed by atoms with Crippen molar-refractivity contribution in [2.24, 2.45) is 0 Å². The van der Waals surface area contributed by atoms with Crippen LogP contribution in [0.1, 0.15) is 35.4 Å². The van der Waals surface area contributed by atoms with Crippen molar-refractivity contribution >= 4 is 23.1 Å². The second-order valence-corrected chi connectivity index (χ2v) is 6.60. The highest BCUT2D eigenvalue weighted by molar-refractivity contribution is 5.96. The highest BCUT2D eigenvalue weighted by Gasteiger charge is 2.19. The van der Waals surface area contributed by atoms with Crippen molar-refractivity contribution in [2.75, 3.05) is 18.0 Å². The summed E-state index contributed by atoms with van der Waals surface area (Å²) in [6, 6.07) is 12.9. The number of carbonyl (C=O) groups excluding carboxylic acids is 2. The fourth-order valence-electron chi connectivity index (χ4n) is 3.32. The molecule has 1 fully saturated rings. The summed E-state index contributed by atoms with van der Waals surface area (Å²) >= 11 is 0. The molecule has 0 aliphatic carbocycles. The minimum absolute atomic E-state index is 0.139. The predicted molar refractivity (Wildman–Crippen MR) is 102 cm³/mol. The maximum atomic E-state index is 12.4. The topological polar surface area (TPSA) is 79.6 Å². The minimum atomic E-state index is -0.139. The van der Waals surface area contributed by atoms with Gasteiger partial charge in [0.2, 0.25) is 5.91 Å². The van der Waals surface area contributed by atoms with E-state index in [0.717, 1.165) is 36.5 Å². The molecule has 0 saturated carbocycles. The number of fused-ring (bicyclic) bond motifs is 1. The Morgan fingerprint density at radius 1 is 1.07 bits per heavy atom. The van der Waals surface area contributed by atoms with Gasteiger partial charge in [-0.2, -0.15) is 0 Å². The number of rotatable bonds is 5. The molecule has 4 rings (SSSR count). The first-order valence-electron chi connectivity index (χ1n) is 9.20. The summed E-state index contributed by atoms with van der Waals surface area (Å²) in [6.45, 7) is 1.22. The van der Waals surface area contributed by atoms with Crippen LogP contribution in [-0.2, 0) is 11.2 Å². The lowest BCUT2D eigenvalue weighted by molar-refractivity contribution is -0.119. The van der Waals surface area contributed by atoms with Gasteiger partial charge in [-0.15, -0.1) is 10.2 Å². The van der Waals surface area contributed by atoms with Gasteiger partial charge >= 0.3 is 0 Å². The van der Waals surface area contributed by atoms with E-state index in [0.29, 0.717) is 24.9 Å². The fourth-order valence-corrected chi connectivity index (χ4v) is 3.32. The molecule has 1 aromatic carbocycles. The lowest BCUT2D eigenvalue weighted by Crippen LogP contribution is -2.35. The molecule has 0 atom stereocenters. The number of amides is 2. The molecule has 7 nitrogen and oxygen atoms in total. The molecular formula is C20H21N5O2. The number of hydrogen-bond donors (Lipinski definition) is 1. The summed E-state index contributed by atoms with van der Waals surface area (Å²) in [6.07, 6.45) is 5.08. The van der Waals surface area contributed by atoms with Gasteiger partial charge < -0.3 is 10.2 Å². The van der Waals surface area contributed by atoms with Gasteiger partial charge in [-0.1, -0.05) is 6.07 Å². The third-order valence-corrected chi connectivity index (χ3v) is 4.78. The van der Waals surface area contributed by atoms with Crippen molar-refractivity contribution in [3.05, 3.63) is 60.0 Å². The predicted octanol–water partition coefficient (Wildman–Crippen LogP) is 2.22. The van der Waals surface area contributed by atoms with E-state index in [1.165, 1.54) is 0 Å². The Kier molecular flexibility index (Phi) is 4.82. The Bertz CT molecular complexity index is 964. The van der Waals surface area contributed by atoms with Gasteiger partial charge in [-0.3, -0.25) is 14.0 Å². The van der Waals surface area contributed by atoms with Gasteiger partial charge in [-0.25, -0.2) is 0 Å². The number of anilines is 1. The molecule has 1 aliphatic heterocycles. The van der Waals surface area contributed by atoms with Crippen LogP contribution < -0.4 is 10.2 Å². The highest BCUT2D eigenvalue weighted by atomic mass is 16.2. The normalized spacial score (nSPS) is 14.5. The Labute approximate surface area is 157 Å². The monoisotopic (exact) mass is 363 g/mol. The highest BCUT2D eigenvalue weighted by Crippen LogP contribution is 2.21. The number of benzene rings is 1. The van der Waals surface area contributed by atoms with Crippen molar-refractivity contribution in [1.82, 2.24) is 19.9 Å². The van der Waals surface area contributed by atoms with E-state index in [2.05, 4.69) is 15.5 Å². The zero-order chi connectivity index (χ0) is 18.6. The number of pyridine rings is 1. The summed E-state index contributed by atoms with van der Waals surface area (Å²) in [7, 11) is 0. The van der Waals surface area contributed by atoms with Gasteiger partial charge in [0.1, 0.15) is 5.82 Å². The van der Waals surface area contributed by atoms with Crippen molar-refractivity contribution < 1.29 is 9.59 Å². The molecule has 0 bridgehead atoms. The van der Waals surface area contributed by atoms with Crippen molar-refractivity contribution in [3.63, 3.8) is 0 Å². The molecule has 7 heteroatoms. The van der Waals surface area contributed by atoms with Crippen molar-refractivity contribution in [2.45, 2.75) is 25.7 Å². The number of nitrogens with one attached hydrogen (secondary N) is 1. The molecule has 1 N–H and O–H groups in total. The average Bonchev–Trinajstić information content (AvgIpc) is 3.12. The quantitative estimate of drug-likeness (QED) is 0.754. The maximum absolute atomic E-state index is 12.4. The van der Waals surface area contributed by atoms with E-state index < -0.39 is 0 Å².